The smallest absolute Gasteiger partial charge is 0.221 e. The molecule has 0 fully saturated rings. The molecule has 0 aromatic heterocycles. The van der Waals surface area contributed by atoms with E-state index in [1.807, 2.05) is 0 Å². The Hall–Kier alpha value is -1.91. The molecule has 15 heavy (non-hydrogen) atoms. The molecular weight excluding hydrogens is 201 g/mol. The first kappa shape index (κ1) is 11.2. The van der Waals surface area contributed by atoms with Gasteiger partial charge in [0.1, 0.15) is 11.4 Å². The lowest BCUT2D eigenvalue weighted by Crippen LogP contribution is -2.10. The molecule has 1 aromatic rings. The molecule has 0 radical (unpaired) electrons. The van der Waals surface area contributed by atoms with Crippen LogP contribution in [0.3, 0.4) is 0 Å². The van der Waals surface area contributed by atoms with E-state index in [1.54, 1.807) is 0 Å². The van der Waals surface area contributed by atoms with Crippen molar-refractivity contribution in [1.82, 2.24) is 0 Å². The predicted molar refractivity (Wildman–Crippen MR) is 52.6 cm³/mol. The standard InChI is InChI=1S/C10H10FNO3/c1-6(14)12-10-8(15-2)4-3-7(5-13)9(10)11/h3-5H,1-2H3,(H,12,14). The van der Waals surface area contributed by atoms with Crippen molar-refractivity contribution >= 4 is 17.9 Å². The number of benzene rings is 1. The van der Waals surface area contributed by atoms with Crippen LogP contribution in [0, 0.1) is 5.82 Å². The van der Waals surface area contributed by atoms with E-state index in [-0.39, 0.29) is 17.0 Å². The highest BCUT2D eigenvalue weighted by molar-refractivity contribution is 5.92. The van der Waals surface area contributed by atoms with Crippen molar-refractivity contribution in [1.29, 1.82) is 0 Å². The molecule has 1 rings (SSSR count). The number of methoxy groups -OCH3 is 1. The van der Waals surface area contributed by atoms with Crippen LogP contribution in [-0.2, 0) is 4.79 Å². The first-order chi connectivity index (χ1) is 7.10. The van der Waals surface area contributed by atoms with Gasteiger partial charge in [-0.05, 0) is 12.1 Å². The summed E-state index contributed by atoms with van der Waals surface area (Å²) in [7, 11) is 1.35. The average molecular weight is 211 g/mol. The van der Waals surface area contributed by atoms with Gasteiger partial charge in [0.05, 0.1) is 12.7 Å². The van der Waals surface area contributed by atoms with Crippen molar-refractivity contribution in [2.45, 2.75) is 6.92 Å². The van der Waals surface area contributed by atoms with Crippen LogP contribution in [0.1, 0.15) is 17.3 Å². The molecular formula is C10H10FNO3. The molecule has 0 unspecified atom stereocenters. The minimum absolute atomic E-state index is 0.116. The molecule has 0 saturated carbocycles. The third-order valence-corrected chi connectivity index (χ3v) is 1.78. The quantitative estimate of drug-likeness (QED) is 0.772. The number of ether oxygens (including phenoxy) is 1. The van der Waals surface area contributed by atoms with E-state index in [4.69, 9.17) is 4.74 Å². The molecule has 1 N–H and O–H groups in total. The zero-order valence-electron chi connectivity index (χ0n) is 8.33. The molecule has 0 aliphatic carbocycles. The van der Waals surface area contributed by atoms with Crippen molar-refractivity contribution in [3.05, 3.63) is 23.5 Å². The van der Waals surface area contributed by atoms with Crippen LogP contribution < -0.4 is 10.1 Å². The van der Waals surface area contributed by atoms with Crippen molar-refractivity contribution in [2.24, 2.45) is 0 Å². The monoisotopic (exact) mass is 211 g/mol. The fourth-order valence-corrected chi connectivity index (χ4v) is 1.13. The lowest BCUT2D eigenvalue weighted by Gasteiger charge is -2.10. The number of amides is 1. The molecule has 4 nitrogen and oxygen atoms in total. The fraction of sp³-hybridized carbons (Fsp3) is 0.200. The van der Waals surface area contributed by atoms with Crippen molar-refractivity contribution in [3.8, 4) is 5.75 Å². The minimum Gasteiger partial charge on any atom is -0.494 e. The summed E-state index contributed by atoms with van der Waals surface area (Å²) in [6, 6.07) is 2.70. The maximum atomic E-state index is 13.6. The van der Waals surface area contributed by atoms with Crippen molar-refractivity contribution < 1.29 is 18.7 Å². The highest BCUT2D eigenvalue weighted by Gasteiger charge is 2.14. The number of carbonyl (C=O) groups is 2. The maximum absolute atomic E-state index is 13.6. The van der Waals surface area contributed by atoms with Crippen molar-refractivity contribution in [2.75, 3.05) is 12.4 Å². The Morgan fingerprint density at radius 2 is 2.20 bits per heavy atom. The zero-order valence-corrected chi connectivity index (χ0v) is 8.33. The summed E-state index contributed by atoms with van der Waals surface area (Å²) in [4.78, 5) is 21.3. The van der Waals surface area contributed by atoms with Gasteiger partial charge in [-0.3, -0.25) is 9.59 Å². The van der Waals surface area contributed by atoms with Crippen LogP contribution in [0.4, 0.5) is 10.1 Å². The molecule has 0 bridgehead atoms. The van der Waals surface area contributed by atoms with E-state index in [1.165, 1.54) is 26.2 Å². The lowest BCUT2D eigenvalue weighted by atomic mass is 10.2. The molecule has 0 atom stereocenters. The molecule has 0 saturated heterocycles. The predicted octanol–water partition coefficient (Wildman–Crippen LogP) is 1.61. The Morgan fingerprint density at radius 3 is 2.67 bits per heavy atom. The van der Waals surface area contributed by atoms with Gasteiger partial charge in [0.25, 0.3) is 0 Å². The number of aldehydes is 1. The number of hydrogen-bond donors (Lipinski definition) is 1. The van der Waals surface area contributed by atoms with Gasteiger partial charge >= 0.3 is 0 Å². The summed E-state index contributed by atoms with van der Waals surface area (Å²) in [5.41, 5.74) is -0.242. The van der Waals surface area contributed by atoms with E-state index in [2.05, 4.69) is 5.32 Å². The Balaban J connectivity index is 3.28. The van der Waals surface area contributed by atoms with E-state index >= 15 is 0 Å². The first-order valence-electron chi connectivity index (χ1n) is 4.19. The Kier molecular flexibility index (Phi) is 3.38. The van der Waals surface area contributed by atoms with Crippen LogP contribution in [0.2, 0.25) is 0 Å². The van der Waals surface area contributed by atoms with Crippen LogP contribution >= 0.6 is 0 Å². The summed E-state index contributed by atoms with van der Waals surface area (Å²) >= 11 is 0. The molecule has 80 valence electrons. The molecule has 1 amide bonds. The molecule has 5 heteroatoms. The third kappa shape index (κ3) is 2.31. The van der Waals surface area contributed by atoms with Gasteiger partial charge in [0.15, 0.2) is 12.1 Å². The van der Waals surface area contributed by atoms with Gasteiger partial charge in [0.2, 0.25) is 5.91 Å². The first-order valence-corrected chi connectivity index (χ1v) is 4.19. The van der Waals surface area contributed by atoms with Crippen LogP contribution in [0.25, 0.3) is 0 Å². The number of halogens is 1. The lowest BCUT2D eigenvalue weighted by molar-refractivity contribution is -0.114. The average Bonchev–Trinajstić information content (AvgIpc) is 2.20. The second-order valence-electron chi connectivity index (χ2n) is 2.85. The molecule has 0 aliphatic heterocycles. The van der Waals surface area contributed by atoms with E-state index in [0.29, 0.717) is 6.29 Å². The van der Waals surface area contributed by atoms with Crippen LogP contribution in [0.15, 0.2) is 12.1 Å². The van der Waals surface area contributed by atoms with Crippen LogP contribution in [0.5, 0.6) is 5.75 Å². The van der Waals surface area contributed by atoms with Gasteiger partial charge in [0, 0.05) is 6.92 Å². The van der Waals surface area contributed by atoms with Gasteiger partial charge < -0.3 is 10.1 Å². The Labute approximate surface area is 86.0 Å². The Bertz CT molecular complexity index is 404. The highest BCUT2D eigenvalue weighted by atomic mass is 19.1. The summed E-state index contributed by atoms with van der Waals surface area (Å²) in [5, 5.41) is 2.27. The maximum Gasteiger partial charge on any atom is 0.221 e. The topological polar surface area (TPSA) is 55.4 Å². The molecule has 0 spiro atoms. The largest absolute Gasteiger partial charge is 0.494 e. The van der Waals surface area contributed by atoms with E-state index in [0.717, 1.165) is 0 Å². The number of rotatable bonds is 3. The van der Waals surface area contributed by atoms with Gasteiger partial charge in [-0.25, -0.2) is 4.39 Å². The highest BCUT2D eigenvalue weighted by Crippen LogP contribution is 2.29. The summed E-state index contributed by atoms with van der Waals surface area (Å²) in [5.74, 6) is -1.05. The fourth-order valence-electron chi connectivity index (χ4n) is 1.13. The second-order valence-corrected chi connectivity index (χ2v) is 2.85. The summed E-state index contributed by atoms with van der Waals surface area (Å²) < 4.78 is 18.4. The summed E-state index contributed by atoms with van der Waals surface area (Å²) in [6.07, 6.45) is 0.375. The summed E-state index contributed by atoms with van der Waals surface area (Å²) in [6.45, 7) is 1.24. The molecule has 0 aliphatic rings. The minimum atomic E-state index is -0.792. The number of nitrogens with one attached hydrogen (secondary N) is 1. The number of hydrogen-bond acceptors (Lipinski definition) is 3. The number of anilines is 1. The van der Waals surface area contributed by atoms with E-state index < -0.39 is 11.7 Å². The number of carbonyl (C=O) groups excluding carboxylic acids is 2. The second kappa shape index (κ2) is 4.54. The SMILES string of the molecule is COc1ccc(C=O)c(F)c1NC(C)=O. The normalized spacial score (nSPS) is 9.53. The zero-order chi connectivity index (χ0) is 11.4. The van der Waals surface area contributed by atoms with Gasteiger partial charge in [-0.1, -0.05) is 0 Å². The van der Waals surface area contributed by atoms with Crippen LogP contribution in [-0.4, -0.2) is 19.3 Å². The van der Waals surface area contributed by atoms with Gasteiger partial charge in [-0.2, -0.15) is 0 Å². The van der Waals surface area contributed by atoms with Crippen molar-refractivity contribution in [3.63, 3.8) is 0 Å². The Morgan fingerprint density at radius 1 is 1.53 bits per heavy atom. The third-order valence-electron chi connectivity index (χ3n) is 1.78. The molecule has 1 aromatic carbocycles. The van der Waals surface area contributed by atoms with Gasteiger partial charge in [-0.15, -0.1) is 0 Å². The molecule has 0 heterocycles. The van der Waals surface area contributed by atoms with E-state index in [9.17, 15) is 14.0 Å².